The van der Waals surface area contributed by atoms with E-state index in [1.807, 2.05) is 12.2 Å². The van der Waals surface area contributed by atoms with Crippen LogP contribution in [-0.4, -0.2) is 48.4 Å². The molecule has 4 N–H and O–H groups in total. The van der Waals surface area contributed by atoms with Crippen LogP contribution in [-0.2, 0) is 11.3 Å². The molecular weight excluding hydrogens is 1210 g/mol. The molecular formula is C40H22Br2Cl2F21N5O2. The predicted molar refractivity (Wildman–Crippen MR) is 223 cm³/mol. The van der Waals surface area contributed by atoms with Crippen molar-refractivity contribution >= 4 is 83.9 Å². The normalized spacial score (nSPS) is 13.7. The molecule has 7 nitrogen and oxygen atoms in total. The molecule has 0 aliphatic carbocycles. The lowest BCUT2D eigenvalue weighted by molar-refractivity contribution is -0.389. The number of benzene rings is 4. The van der Waals surface area contributed by atoms with Gasteiger partial charge in [-0.15, -0.1) is 6.58 Å². The van der Waals surface area contributed by atoms with Gasteiger partial charge in [-0.3, -0.25) is 9.59 Å². The van der Waals surface area contributed by atoms with Crippen molar-refractivity contribution in [1.82, 2.24) is 0 Å². The van der Waals surface area contributed by atoms with Gasteiger partial charge in [-0.05, 0) is 87.3 Å². The first kappa shape index (κ1) is 64.4. The summed E-state index contributed by atoms with van der Waals surface area (Å²) in [5.41, 5.74) is -16.9. The SMILES string of the molecule is C.C=CC.N#Cc1ccc(C(=O)Nc2c(Cl)cc(C(F)(C(F)(F)F)C(F)(F)C(F)(F)F)cc2Br)c(F)c1F.N#Cc1ccc(C(=O)Nc2c(Cl)cc(C(F)(C(F)(F)F)C(F)(F)C(F)(F)F)cc2Br)c(F)c1N. The second-order valence-electron chi connectivity index (χ2n) is 13.3. The second-order valence-corrected chi connectivity index (χ2v) is 15.8. The van der Waals surface area contributed by atoms with Crippen molar-refractivity contribution in [3.63, 3.8) is 0 Å². The van der Waals surface area contributed by atoms with Crippen molar-refractivity contribution in [2.75, 3.05) is 16.4 Å². The average Bonchev–Trinajstić information content (AvgIpc) is 3.23. The molecule has 0 saturated heterocycles. The molecule has 32 heteroatoms. The van der Waals surface area contributed by atoms with Crippen molar-refractivity contribution in [2.45, 2.75) is 62.2 Å². The summed E-state index contributed by atoms with van der Waals surface area (Å²) >= 11 is 16.2. The third-order valence-corrected chi connectivity index (χ3v) is 10.6. The topological polar surface area (TPSA) is 132 Å². The summed E-state index contributed by atoms with van der Waals surface area (Å²) in [5.74, 6) is -21.7. The fraction of sp³-hybridized carbons (Fsp3) is 0.250. The number of nitrogens with zero attached hydrogens (tertiary/aromatic N) is 2. The smallest absolute Gasteiger partial charge is 0.395 e. The molecule has 4 aromatic carbocycles. The Morgan fingerprint density at radius 1 is 0.583 bits per heavy atom. The van der Waals surface area contributed by atoms with Crippen LogP contribution in [0.1, 0.15) is 57.3 Å². The van der Waals surface area contributed by atoms with Crippen LogP contribution in [0, 0.1) is 40.1 Å². The molecule has 2 atom stereocenters. The molecule has 2 amide bonds. The van der Waals surface area contributed by atoms with Gasteiger partial charge in [0, 0.05) is 20.1 Å². The molecule has 394 valence electrons. The van der Waals surface area contributed by atoms with E-state index in [-0.39, 0.29) is 37.3 Å². The van der Waals surface area contributed by atoms with E-state index in [9.17, 15) is 102 Å². The van der Waals surface area contributed by atoms with Crippen molar-refractivity contribution in [3.8, 4) is 12.1 Å². The number of allylic oxidation sites excluding steroid dienone is 1. The number of rotatable bonds is 8. The highest BCUT2D eigenvalue weighted by atomic mass is 79.9. The highest BCUT2D eigenvalue weighted by Gasteiger charge is 2.83. The maximum absolute atomic E-state index is 14.6. The first-order valence-electron chi connectivity index (χ1n) is 17.5. The number of alkyl halides is 18. The lowest BCUT2D eigenvalue weighted by atomic mass is 9.87. The predicted octanol–water partition coefficient (Wildman–Crippen LogP) is 16.1. The summed E-state index contributed by atoms with van der Waals surface area (Å²) < 4.78 is 279. The van der Waals surface area contributed by atoms with Gasteiger partial charge in [-0.25, -0.2) is 22.0 Å². The van der Waals surface area contributed by atoms with Gasteiger partial charge in [-0.1, -0.05) is 36.7 Å². The summed E-state index contributed by atoms with van der Waals surface area (Å²) in [7, 11) is 0. The molecule has 4 rings (SSSR count). The maximum atomic E-state index is 14.6. The third kappa shape index (κ3) is 12.1. The van der Waals surface area contributed by atoms with E-state index in [1.165, 1.54) is 12.1 Å². The molecule has 0 saturated carbocycles. The third-order valence-electron chi connectivity index (χ3n) is 8.71. The van der Waals surface area contributed by atoms with Gasteiger partial charge in [0.1, 0.15) is 12.1 Å². The largest absolute Gasteiger partial charge is 0.457 e. The summed E-state index contributed by atoms with van der Waals surface area (Å²) in [6.45, 7) is 5.25. The van der Waals surface area contributed by atoms with Crippen LogP contribution in [0.25, 0.3) is 0 Å². The zero-order chi connectivity index (χ0) is 55.6. The molecule has 4 aromatic rings. The minimum absolute atomic E-state index is 0. The summed E-state index contributed by atoms with van der Waals surface area (Å²) in [4.78, 5) is 24.6. The minimum Gasteiger partial charge on any atom is -0.395 e. The van der Waals surface area contributed by atoms with Gasteiger partial charge in [0.2, 0.25) is 0 Å². The van der Waals surface area contributed by atoms with E-state index in [0.717, 1.165) is 12.1 Å². The Labute approximate surface area is 416 Å². The Kier molecular flexibility index (Phi) is 20.3. The standard InChI is InChI=1S/C18H5BrClF11N2O.C18H7BrClF10N3O.C3H6.CH4/c19-9-3-7(15(23,17(26,27)28)16(24,25)18(29,30)31)4-10(20)13(9)33-14(34)8-2-1-6(5-32)11(21)12(8)22;19-9-3-7(15(22,17(25,26)27)16(23,24)18(28,29)30)4-10(20)13(9)33-14(34)8-2-1-6(5-31)12(32)11(8)21;1-3-2;/h1-4H,(H,33,34);1-4H,32H2,(H,33,34);3H,1H2,2H3;1H4. The number of anilines is 3. The van der Waals surface area contributed by atoms with Crippen LogP contribution in [0.15, 0.2) is 70.1 Å². The monoisotopic (exact) mass is 1230 g/mol. The number of hydrogen-bond donors (Lipinski definition) is 3. The Morgan fingerprint density at radius 3 is 1.17 bits per heavy atom. The van der Waals surface area contributed by atoms with E-state index >= 15 is 0 Å². The molecule has 0 aliphatic heterocycles. The Bertz CT molecular complexity index is 2580. The zero-order valence-corrected chi connectivity index (χ0v) is 38.3. The maximum Gasteiger partial charge on any atom is 0.457 e. The summed E-state index contributed by atoms with van der Waals surface area (Å²) in [6, 6.07) is 5.22. The molecule has 0 radical (unpaired) electrons. The number of hydrogen-bond acceptors (Lipinski definition) is 5. The van der Waals surface area contributed by atoms with Gasteiger partial charge in [0.15, 0.2) is 17.5 Å². The Hall–Kier alpha value is -5.59. The Balaban J connectivity index is 0.000000674. The van der Waals surface area contributed by atoms with Crippen molar-refractivity contribution < 1.29 is 102 Å². The molecule has 0 aliphatic rings. The molecule has 0 aromatic heterocycles. The van der Waals surface area contributed by atoms with E-state index in [0.29, 0.717) is 12.1 Å². The number of halogens is 25. The van der Waals surface area contributed by atoms with Gasteiger partial charge < -0.3 is 16.4 Å². The fourth-order valence-corrected chi connectivity index (χ4v) is 7.14. The molecule has 0 bridgehead atoms. The zero-order valence-electron chi connectivity index (χ0n) is 33.6. The van der Waals surface area contributed by atoms with Crippen LogP contribution in [0.4, 0.5) is 109 Å². The van der Waals surface area contributed by atoms with Crippen LogP contribution in [0.5, 0.6) is 0 Å². The van der Waals surface area contributed by atoms with Gasteiger partial charge in [-0.2, -0.15) is 80.8 Å². The van der Waals surface area contributed by atoms with Gasteiger partial charge >= 0.3 is 47.9 Å². The van der Waals surface area contributed by atoms with Gasteiger partial charge in [0.05, 0.1) is 49.4 Å². The van der Waals surface area contributed by atoms with Gasteiger partial charge in [0.25, 0.3) is 11.8 Å². The lowest BCUT2D eigenvalue weighted by Gasteiger charge is -2.36. The number of nitrogens with one attached hydrogen (secondary N) is 2. The number of carbonyl (C=O) groups is 2. The van der Waals surface area contributed by atoms with Crippen molar-refractivity contribution in [2.24, 2.45) is 0 Å². The van der Waals surface area contributed by atoms with Crippen molar-refractivity contribution in [1.29, 1.82) is 10.5 Å². The first-order chi connectivity index (χ1) is 32.0. The number of nitrogen functional groups attached to an aromatic ring is 1. The van der Waals surface area contributed by atoms with Crippen molar-refractivity contribution in [3.05, 3.63) is 131 Å². The average molecular weight is 1230 g/mol. The number of nitriles is 2. The van der Waals surface area contributed by atoms with E-state index in [4.69, 9.17) is 39.5 Å². The molecule has 2 unspecified atom stereocenters. The highest BCUT2D eigenvalue weighted by Crippen LogP contribution is 2.60. The molecule has 72 heavy (non-hydrogen) atoms. The van der Waals surface area contributed by atoms with Crippen LogP contribution in [0.3, 0.4) is 0 Å². The number of nitrogens with two attached hydrogens (primary N) is 1. The molecule has 0 spiro atoms. The highest BCUT2D eigenvalue weighted by molar-refractivity contribution is 9.11. The van der Waals surface area contributed by atoms with E-state index in [2.05, 4.69) is 38.4 Å². The fourth-order valence-electron chi connectivity index (χ4n) is 5.26. The van der Waals surface area contributed by atoms with Crippen LogP contribution in [0.2, 0.25) is 10.0 Å². The lowest BCUT2D eigenvalue weighted by Crippen LogP contribution is -2.59. The van der Waals surface area contributed by atoms with E-state index in [1.54, 1.807) is 11.4 Å². The van der Waals surface area contributed by atoms with Crippen LogP contribution < -0.4 is 16.4 Å². The summed E-state index contributed by atoms with van der Waals surface area (Å²) in [5, 5.41) is 18.8. The first-order valence-corrected chi connectivity index (χ1v) is 19.8. The van der Waals surface area contributed by atoms with Crippen LogP contribution >= 0.6 is 55.1 Å². The molecule has 0 heterocycles. The minimum atomic E-state index is -6.97. The quantitative estimate of drug-likeness (QED) is 0.0918. The Morgan fingerprint density at radius 2 is 0.889 bits per heavy atom. The number of carbonyl (C=O) groups excluding carboxylic acids is 2. The molecule has 0 fully saturated rings. The second kappa shape index (κ2) is 22.7. The summed E-state index contributed by atoms with van der Waals surface area (Å²) in [6.07, 6.45) is -25.7. The van der Waals surface area contributed by atoms with E-state index < -0.39 is 141 Å². The number of amides is 2.